The first-order valence-corrected chi connectivity index (χ1v) is 7.33. The van der Waals surface area contributed by atoms with Crippen molar-refractivity contribution < 1.29 is 13.2 Å². The molecule has 0 saturated carbocycles. The number of carbonyl (C=O) groups is 1. The summed E-state index contributed by atoms with van der Waals surface area (Å²) >= 11 is 0. The van der Waals surface area contributed by atoms with Gasteiger partial charge in [-0.05, 0) is 13.8 Å². The van der Waals surface area contributed by atoms with E-state index in [-0.39, 0.29) is 35.9 Å². The molecular weight excluding hydrogens is 228 g/mol. The summed E-state index contributed by atoms with van der Waals surface area (Å²) in [6, 6.07) is -0.0832. The van der Waals surface area contributed by atoms with Gasteiger partial charge in [0, 0.05) is 32.1 Å². The van der Waals surface area contributed by atoms with E-state index in [2.05, 4.69) is 5.32 Å². The molecule has 16 heavy (non-hydrogen) atoms. The van der Waals surface area contributed by atoms with Crippen LogP contribution in [0.2, 0.25) is 0 Å². The molecule has 1 atom stereocenters. The number of hydrogen-bond donors (Lipinski definition) is 1. The average Bonchev–Trinajstić information content (AvgIpc) is 2.14. The molecule has 0 aromatic carbocycles. The Morgan fingerprint density at radius 1 is 1.50 bits per heavy atom. The Kier molecular flexibility index (Phi) is 4.32. The van der Waals surface area contributed by atoms with E-state index in [0.29, 0.717) is 6.54 Å². The zero-order valence-electron chi connectivity index (χ0n) is 10.1. The molecular formula is C10H20N2O3S. The number of carbonyl (C=O) groups excluding carboxylic acids is 1. The van der Waals surface area contributed by atoms with Crippen LogP contribution in [-0.2, 0) is 14.6 Å². The van der Waals surface area contributed by atoms with Crippen LogP contribution in [0, 0.1) is 0 Å². The molecule has 1 aliphatic rings. The number of amides is 1. The SMILES string of the molecule is CC(C)N(C)C(=O)CC1CS(=O)(=O)CCN1. The first-order chi connectivity index (χ1) is 7.32. The molecule has 0 radical (unpaired) electrons. The molecule has 1 aliphatic heterocycles. The lowest BCUT2D eigenvalue weighted by Gasteiger charge is -2.27. The van der Waals surface area contributed by atoms with Gasteiger partial charge < -0.3 is 10.2 Å². The lowest BCUT2D eigenvalue weighted by atomic mass is 10.2. The van der Waals surface area contributed by atoms with Crippen LogP contribution in [0.1, 0.15) is 20.3 Å². The minimum absolute atomic E-state index is 0.00963. The first-order valence-electron chi connectivity index (χ1n) is 5.51. The van der Waals surface area contributed by atoms with Crippen LogP contribution in [0.25, 0.3) is 0 Å². The number of hydrogen-bond acceptors (Lipinski definition) is 4. The molecule has 1 fully saturated rings. The molecule has 1 saturated heterocycles. The molecule has 6 heteroatoms. The molecule has 0 aromatic rings. The van der Waals surface area contributed by atoms with Gasteiger partial charge in [-0.2, -0.15) is 0 Å². The van der Waals surface area contributed by atoms with Crippen LogP contribution >= 0.6 is 0 Å². The Balaban J connectivity index is 2.52. The van der Waals surface area contributed by atoms with Gasteiger partial charge in [0.25, 0.3) is 0 Å². The summed E-state index contributed by atoms with van der Waals surface area (Å²) in [6.07, 6.45) is 0.258. The van der Waals surface area contributed by atoms with Crippen molar-refractivity contribution in [3.63, 3.8) is 0 Å². The van der Waals surface area contributed by atoms with Crippen molar-refractivity contribution in [2.75, 3.05) is 25.1 Å². The second-order valence-corrected chi connectivity index (χ2v) is 6.80. The minimum Gasteiger partial charge on any atom is -0.343 e. The fourth-order valence-corrected chi connectivity index (χ4v) is 3.09. The van der Waals surface area contributed by atoms with Crippen molar-refractivity contribution in [3.8, 4) is 0 Å². The van der Waals surface area contributed by atoms with Crippen LogP contribution in [0.15, 0.2) is 0 Å². The summed E-state index contributed by atoms with van der Waals surface area (Å²) in [4.78, 5) is 13.4. The maximum Gasteiger partial charge on any atom is 0.224 e. The average molecular weight is 248 g/mol. The molecule has 0 aromatic heterocycles. The Bertz CT molecular complexity index is 351. The van der Waals surface area contributed by atoms with Crippen LogP contribution in [-0.4, -0.2) is 56.4 Å². The molecule has 5 nitrogen and oxygen atoms in total. The van der Waals surface area contributed by atoms with Crippen molar-refractivity contribution >= 4 is 15.7 Å². The number of sulfone groups is 1. The molecule has 94 valence electrons. The van der Waals surface area contributed by atoms with Crippen LogP contribution in [0.3, 0.4) is 0 Å². The molecule has 0 aliphatic carbocycles. The van der Waals surface area contributed by atoms with Gasteiger partial charge in [-0.15, -0.1) is 0 Å². The summed E-state index contributed by atoms with van der Waals surface area (Å²) in [5.41, 5.74) is 0. The van der Waals surface area contributed by atoms with E-state index >= 15 is 0 Å². The highest BCUT2D eigenvalue weighted by Crippen LogP contribution is 2.07. The summed E-state index contributed by atoms with van der Waals surface area (Å²) in [5.74, 6) is 0.243. The van der Waals surface area contributed by atoms with Gasteiger partial charge >= 0.3 is 0 Å². The van der Waals surface area contributed by atoms with Gasteiger partial charge in [0.1, 0.15) is 0 Å². The first kappa shape index (κ1) is 13.4. The van der Waals surface area contributed by atoms with Crippen molar-refractivity contribution in [1.82, 2.24) is 10.2 Å². The van der Waals surface area contributed by atoms with Crippen molar-refractivity contribution in [2.24, 2.45) is 0 Å². The molecule has 1 heterocycles. The van der Waals surface area contributed by atoms with Gasteiger partial charge in [0.2, 0.25) is 5.91 Å². The van der Waals surface area contributed by atoms with Crippen molar-refractivity contribution in [3.05, 3.63) is 0 Å². The molecule has 1 amide bonds. The van der Waals surface area contributed by atoms with E-state index in [1.807, 2.05) is 13.8 Å². The standard InChI is InChI=1S/C10H20N2O3S/c1-8(2)12(3)10(13)6-9-7-16(14,15)5-4-11-9/h8-9,11H,4-7H2,1-3H3. The Morgan fingerprint density at radius 2 is 2.12 bits per heavy atom. The second kappa shape index (κ2) is 5.14. The van der Waals surface area contributed by atoms with Gasteiger partial charge in [-0.1, -0.05) is 0 Å². The third-order valence-corrected chi connectivity index (χ3v) is 4.63. The molecule has 1 N–H and O–H groups in total. The van der Waals surface area contributed by atoms with Gasteiger partial charge in [-0.3, -0.25) is 4.79 Å². The normalized spacial score (nSPS) is 24.4. The van der Waals surface area contributed by atoms with Crippen LogP contribution in [0.4, 0.5) is 0 Å². The Hall–Kier alpha value is -0.620. The maximum atomic E-state index is 11.8. The molecule has 0 bridgehead atoms. The third-order valence-electron chi connectivity index (χ3n) is 2.89. The monoisotopic (exact) mass is 248 g/mol. The summed E-state index contributed by atoms with van der Waals surface area (Å²) in [5, 5.41) is 3.07. The van der Waals surface area contributed by atoms with Gasteiger partial charge in [-0.25, -0.2) is 8.42 Å². The Morgan fingerprint density at radius 3 is 2.62 bits per heavy atom. The maximum absolute atomic E-state index is 11.8. The van der Waals surface area contributed by atoms with Gasteiger partial charge in [0.15, 0.2) is 9.84 Å². The summed E-state index contributed by atoms with van der Waals surface area (Å²) in [6.45, 7) is 4.32. The number of nitrogens with one attached hydrogen (secondary N) is 1. The highest BCUT2D eigenvalue weighted by Gasteiger charge is 2.27. The summed E-state index contributed by atoms with van der Waals surface area (Å²) in [7, 11) is -1.22. The lowest BCUT2D eigenvalue weighted by molar-refractivity contribution is -0.131. The zero-order valence-corrected chi connectivity index (χ0v) is 10.9. The topological polar surface area (TPSA) is 66.5 Å². The highest BCUT2D eigenvalue weighted by atomic mass is 32.2. The smallest absolute Gasteiger partial charge is 0.224 e. The van der Waals surface area contributed by atoms with E-state index in [9.17, 15) is 13.2 Å². The number of rotatable bonds is 3. The second-order valence-electron chi connectivity index (χ2n) is 4.57. The zero-order chi connectivity index (χ0) is 12.3. The van der Waals surface area contributed by atoms with E-state index in [0.717, 1.165) is 0 Å². The van der Waals surface area contributed by atoms with E-state index < -0.39 is 9.84 Å². The quantitative estimate of drug-likeness (QED) is 0.740. The largest absolute Gasteiger partial charge is 0.343 e. The van der Waals surface area contributed by atoms with E-state index in [1.54, 1.807) is 11.9 Å². The van der Waals surface area contributed by atoms with Crippen LogP contribution < -0.4 is 5.32 Å². The predicted molar refractivity (Wildman–Crippen MR) is 63.0 cm³/mol. The Labute approximate surface area is 97.1 Å². The molecule has 1 unspecified atom stereocenters. The fraction of sp³-hybridized carbons (Fsp3) is 0.900. The highest BCUT2D eigenvalue weighted by molar-refractivity contribution is 7.91. The van der Waals surface area contributed by atoms with Crippen LogP contribution in [0.5, 0.6) is 0 Å². The third kappa shape index (κ3) is 3.75. The van der Waals surface area contributed by atoms with Crippen molar-refractivity contribution in [2.45, 2.75) is 32.4 Å². The minimum atomic E-state index is -2.96. The van der Waals surface area contributed by atoms with E-state index in [4.69, 9.17) is 0 Å². The number of nitrogens with zero attached hydrogens (tertiary/aromatic N) is 1. The summed E-state index contributed by atoms with van der Waals surface area (Å²) < 4.78 is 22.8. The van der Waals surface area contributed by atoms with E-state index in [1.165, 1.54) is 0 Å². The van der Waals surface area contributed by atoms with Gasteiger partial charge in [0.05, 0.1) is 11.5 Å². The molecule has 0 spiro atoms. The van der Waals surface area contributed by atoms with Crippen molar-refractivity contribution in [1.29, 1.82) is 0 Å². The lowest BCUT2D eigenvalue weighted by Crippen LogP contribution is -2.48. The predicted octanol–water partition coefficient (Wildman–Crippen LogP) is -0.370. The molecule has 1 rings (SSSR count). The fourth-order valence-electron chi connectivity index (χ4n) is 1.64.